The van der Waals surface area contributed by atoms with Crippen LogP contribution in [0.3, 0.4) is 0 Å². The van der Waals surface area contributed by atoms with Gasteiger partial charge in [-0.3, -0.25) is 4.74 Å². The molecule has 2 aliphatic carbocycles. The fourth-order valence-corrected chi connectivity index (χ4v) is 11.1. The van der Waals surface area contributed by atoms with E-state index in [4.69, 9.17) is 33.2 Å². The summed E-state index contributed by atoms with van der Waals surface area (Å²) in [6, 6.07) is 16.0. The smallest absolute Gasteiger partial charge is 0.232 e. The van der Waals surface area contributed by atoms with Crippen LogP contribution in [-0.2, 0) is 23.7 Å². The standard InChI is InChI=1S/C54H74N4O7S2/c1-3-5-7-9-11-19-33-66-51-55-35-43(36-56-51)41-21-25-45(26-22-41)61-49(47-39-59-53(64-47)29-15-13-16-30-53)63-50(48-40-60-54(65-48)31-17-14-18-32-54)62-46-27-23-42(24-28-46)44-37-57-52(58-38-44)67-34-20-12-10-8-6-4-2/h21-28,35-38,47-50H,3-20,29-34,39-40H2,1-2H3/t47?,48?,49-,50-/m0/s1. The molecule has 4 fully saturated rings. The van der Waals surface area contributed by atoms with Crippen LogP contribution in [0, 0.1) is 0 Å². The Hall–Kier alpha value is -3.30. The number of benzene rings is 2. The molecule has 0 radical (unpaired) electrons. The van der Waals surface area contributed by atoms with Crippen molar-refractivity contribution < 1.29 is 33.2 Å². The van der Waals surface area contributed by atoms with Crippen molar-refractivity contribution in [2.75, 3.05) is 24.7 Å². The molecule has 67 heavy (non-hydrogen) atoms. The number of hydrogen-bond donors (Lipinski definition) is 0. The summed E-state index contributed by atoms with van der Waals surface area (Å²) in [7, 11) is 0. The van der Waals surface area contributed by atoms with Gasteiger partial charge in [-0.15, -0.1) is 0 Å². The molecule has 2 spiro atoms. The van der Waals surface area contributed by atoms with Crippen molar-refractivity contribution in [3.8, 4) is 33.8 Å². The molecular formula is C54H74N4O7S2. The molecule has 0 amide bonds. The van der Waals surface area contributed by atoms with Gasteiger partial charge < -0.3 is 28.4 Å². The van der Waals surface area contributed by atoms with E-state index in [-0.39, 0.29) is 0 Å². The first kappa shape index (κ1) is 50.1. The predicted molar refractivity (Wildman–Crippen MR) is 266 cm³/mol. The average molecular weight is 955 g/mol. The van der Waals surface area contributed by atoms with Gasteiger partial charge in [0, 0.05) is 73.1 Å². The molecule has 2 aromatic heterocycles. The second-order valence-electron chi connectivity index (χ2n) is 18.8. The van der Waals surface area contributed by atoms with Crippen molar-refractivity contribution in [2.24, 2.45) is 0 Å². The van der Waals surface area contributed by atoms with Gasteiger partial charge in [0.1, 0.15) is 23.7 Å². The predicted octanol–water partition coefficient (Wildman–Crippen LogP) is 13.8. The Morgan fingerprint density at radius 3 is 1.25 bits per heavy atom. The molecule has 8 rings (SSSR count). The van der Waals surface area contributed by atoms with Crippen LogP contribution in [0.5, 0.6) is 11.5 Å². The highest BCUT2D eigenvalue weighted by Gasteiger charge is 2.50. The van der Waals surface area contributed by atoms with Gasteiger partial charge in [-0.1, -0.05) is 139 Å². The zero-order valence-corrected chi connectivity index (χ0v) is 41.7. The number of aromatic nitrogens is 4. The van der Waals surface area contributed by atoms with Gasteiger partial charge in [-0.25, -0.2) is 19.9 Å². The van der Waals surface area contributed by atoms with Crippen LogP contribution in [0.15, 0.2) is 83.6 Å². The van der Waals surface area contributed by atoms with Crippen LogP contribution < -0.4 is 9.47 Å². The molecule has 2 aromatic carbocycles. The molecule has 4 heterocycles. The number of ether oxygens (including phenoxy) is 7. The SMILES string of the molecule is CCCCCCCCSc1ncc(-c2ccc(O[C@@H](O[C@H](Oc3ccc(-c4cnc(SCCCCCCCC)nc4)cc3)C3COC4(CCCCC4)O3)C3COC4(CCCCC4)O3)cc2)cn1. The highest BCUT2D eigenvalue weighted by molar-refractivity contribution is 7.99. The van der Waals surface area contributed by atoms with E-state index >= 15 is 0 Å². The van der Waals surface area contributed by atoms with Gasteiger partial charge in [0.05, 0.1) is 13.2 Å². The molecule has 0 bridgehead atoms. The molecule has 13 heteroatoms. The summed E-state index contributed by atoms with van der Waals surface area (Å²) < 4.78 is 47.0. The molecule has 4 atom stereocenters. The normalized spacial score (nSPS) is 20.9. The lowest BCUT2D eigenvalue weighted by Crippen LogP contribution is -2.47. The summed E-state index contributed by atoms with van der Waals surface area (Å²) in [4.78, 5) is 18.7. The van der Waals surface area contributed by atoms with Crippen molar-refractivity contribution in [3.63, 3.8) is 0 Å². The average Bonchev–Trinajstić information content (AvgIpc) is 3.98. The third-order valence-corrected chi connectivity index (χ3v) is 15.4. The monoisotopic (exact) mass is 954 g/mol. The fourth-order valence-electron chi connectivity index (χ4n) is 9.54. The molecule has 2 aliphatic heterocycles. The van der Waals surface area contributed by atoms with Gasteiger partial charge in [0.2, 0.25) is 12.6 Å². The maximum absolute atomic E-state index is 6.98. The van der Waals surface area contributed by atoms with E-state index in [0.717, 1.165) is 95.4 Å². The van der Waals surface area contributed by atoms with Gasteiger partial charge in [-0.2, -0.15) is 0 Å². The van der Waals surface area contributed by atoms with Crippen molar-refractivity contribution in [1.29, 1.82) is 0 Å². The highest BCUT2D eigenvalue weighted by atomic mass is 32.2. The number of hydrogen-bond acceptors (Lipinski definition) is 13. The minimum absolute atomic E-state index is 0.342. The van der Waals surface area contributed by atoms with Crippen LogP contribution in [0.2, 0.25) is 0 Å². The second-order valence-corrected chi connectivity index (χ2v) is 20.9. The lowest BCUT2D eigenvalue weighted by molar-refractivity contribution is -0.275. The Bertz CT molecular complexity index is 1870. The molecule has 364 valence electrons. The summed E-state index contributed by atoms with van der Waals surface area (Å²) in [6.45, 7) is 5.20. The Morgan fingerprint density at radius 2 is 0.866 bits per heavy atom. The van der Waals surface area contributed by atoms with E-state index in [1.165, 1.54) is 89.9 Å². The number of rotatable bonds is 26. The van der Waals surface area contributed by atoms with Crippen LogP contribution in [0.1, 0.15) is 155 Å². The summed E-state index contributed by atoms with van der Waals surface area (Å²) in [5.41, 5.74) is 3.91. The van der Waals surface area contributed by atoms with Crippen molar-refractivity contribution in [1.82, 2.24) is 19.9 Å². The first-order chi connectivity index (χ1) is 33.0. The van der Waals surface area contributed by atoms with Crippen LogP contribution in [-0.4, -0.2) is 81.0 Å². The summed E-state index contributed by atoms with van der Waals surface area (Å²) in [5.74, 6) is 2.10. The maximum atomic E-state index is 6.98. The van der Waals surface area contributed by atoms with Gasteiger partial charge in [0.25, 0.3) is 0 Å². The lowest BCUT2D eigenvalue weighted by Gasteiger charge is -2.35. The molecule has 4 aliphatic rings. The maximum Gasteiger partial charge on any atom is 0.232 e. The molecular weight excluding hydrogens is 881 g/mol. The lowest BCUT2D eigenvalue weighted by atomic mass is 9.94. The quantitative estimate of drug-likeness (QED) is 0.0258. The largest absolute Gasteiger partial charge is 0.462 e. The summed E-state index contributed by atoms with van der Waals surface area (Å²) >= 11 is 3.46. The van der Waals surface area contributed by atoms with E-state index in [1.54, 1.807) is 23.5 Å². The zero-order chi connectivity index (χ0) is 46.0. The molecule has 2 saturated carbocycles. The number of thioether (sulfide) groups is 2. The molecule has 4 aromatic rings. The Labute approximate surface area is 408 Å². The van der Waals surface area contributed by atoms with E-state index in [0.29, 0.717) is 24.7 Å². The number of unbranched alkanes of at least 4 members (excludes halogenated alkanes) is 10. The van der Waals surface area contributed by atoms with E-state index in [2.05, 4.69) is 33.8 Å². The number of nitrogens with zero attached hydrogens (tertiary/aromatic N) is 4. The highest BCUT2D eigenvalue weighted by Crippen LogP contribution is 2.42. The fraction of sp³-hybridized carbons (Fsp3) is 0.630. The van der Waals surface area contributed by atoms with Crippen molar-refractivity contribution in [3.05, 3.63) is 73.3 Å². The molecule has 0 N–H and O–H groups in total. The van der Waals surface area contributed by atoms with E-state index < -0.39 is 36.4 Å². The summed E-state index contributed by atoms with van der Waals surface area (Å²) in [5, 5.41) is 1.64. The van der Waals surface area contributed by atoms with Crippen LogP contribution >= 0.6 is 23.5 Å². The molecule has 2 saturated heterocycles. The Balaban J connectivity index is 0.945. The van der Waals surface area contributed by atoms with E-state index in [9.17, 15) is 0 Å². The third kappa shape index (κ3) is 14.9. The van der Waals surface area contributed by atoms with Gasteiger partial charge in [-0.05, 0) is 73.9 Å². The van der Waals surface area contributed by atoms with Crippen LogP contribution in [0.25, 0.3) is 22.3 Å². The van der Waals surface area contributed by atoms with Gasteiger partial charge in [0.15, 0.2) is 21.9 Å². The first-order valence-corrected chi connectivity index (χ1v) is 27.7. The third-order valence-electron chi connectivity index (χ3n) is 13.5. The topological polar surface area (TPSA) is 116 Å². The zero-order valence-electron chi connectivity index (χ0n) is 40.1. The second kappa shape index (κ2) is 26.1. The van der Waals surface area contributed by atoms with Crippen molar-refractivity contribution >= 4 is 23.5 Å². The molecule has 11 nitrogen and oxygen atoms in total. The Kier molecular flexibility index (Phi) is 19.5. The summed E-state index contributed by atoms with van der Waals surface area (Å²) in [6.07, 6.45) is 30.3. The minimum atomic E-state index is -0.871. The van der Waals surface area contributed by atoms with E-state index in [1.807, 2.05) is 73.3 Å². The molecule has 2 unspecified atom stereocenters. The Morgan fingerprint density at radius 1 is 0.493 bits per heavy atom. The van der Waals surface area contributed by atoms with Gasteiger partial charge >= 0.3 is 0 Å². The first-order valence-electron chi connectivity index (χ1n) is 25.7. The minimum Gasteiger partial charge on any atom is -0.462 e. The van der Waals surface area contributed by atoms with Crippen LogP contribution in [0.4, 0.5) is 0 Å². The van der Waals surface area contributed by atoms with Crippen molar-refractivity contribution in [2.45, 2.75) is 202 Å².